The molecule has 64 valence electrons. The standard InChI is InChI=1S/C8H16N2O/c1-7-3-2-4-10(5-7)8(9)6-11/h7,9,11H,2-6H2,1H3/t7-/m0/s1. The summed E-state index contributed by atoms with van der Waals surface area (Å²) in [5.41, 5.74) is 0. The van der Waals surface area contributed by atoms with Gasteiger partial charge in [-0.2, -0.15) is 0 Å². The molecule has 0 aliphatic carbocycles. The predicted molar refractivity (Wildman–Crippen MR) is 44.8 cm³/mol. The molecule has 0 aromatic carbocycles. The van der Waals surface area contributed by atoms with Gasteiger partial charge in [-0.05, 0) is 18.8 Å². The molecule has 1 fully saturated rings. The molecule has 2 N–H and O–H groups in total. The van der Waals surface area contributed by atoms with Crippen LogP contribution in [-0.2, 0) is 0 Å². The smallest absolute Gasteiger partial charge is 0.122 e. The van der Waals surface area contributed by atoms with E-state index in [9.17, 15) is 0 Å². The number of nitrogens with zero attached hydrogens (tertiary/aromatic N) is 1. The Kier molecular flexibility index (Phi) is 2.88. The van der Waals surface area contributed by atoms with Crippen LogP contribution in [0.1, 0.15) is 19.8 Å². The van der Waals surface area contributed by atoms with Crippen molar-refractivity contribution in [2.24, 2.45) is 5.92 Å². The molecule has 1 rings (SSSR count). The molecule has 3 nitrogen and oxygen atoms in total. The molecule has 11 heavy (non-hydrogen) atoms. The van der Waals surface area contributed by atoms with Crippen LogP contribution in [0.4, 0.5) is 0 Å². The lowest BCUT2D eigenvalue weighted by Gasteiger charge is -2.32. The molecular weight excluding hydrogens is 140 g/mol. The Balaban J connectivity index is 2.39. The van der Waals surface area contributed by atoms with Gasteiger partial charge in [-0.25, -0.2) is 0 Å². The number of rotatable bonds is 1. The largest absolute Gasteiger partial charge is 0.388 e. The van der Waals surface area contributed by atoms with E-state index < -0.39 is 0 Å². The van der Waals surface area contributed by atoms with Crippen LogP contribution in [0.25, 0.3) is 0 Å². The molecule has 0 spiro atoms. The molecule has 0 unspecified atom stereocenters. The van der Waals surface area contributed by atoms with Gasteiger partial charge in [0.15, 0.2) is 0 Å². The molecule has 0 saturated carbocycles. The van der Waals surface area contributed by atoms with E-state index in [2.05, 4.69) is 6.92 Å². The van der Waals surface area contributed by atoms with Crippen molar-refractivity contribution in [3.8, 4) is 0 Å². The fourth-order valence-corrected chi connectivity index (χ4v) is 1.53. The highest BCUT2D eigenvalue weighted by Crippen LogP contribution is 2.14. The maximum absolute atomic E-state index is 8.71. The zero-order valence-electron chi connectivity index (χ0n) is 7.01. The minimum absolute atomic E-state index is 0.118. The number of amidine groups is 1. The van der Waals surface area contributed by atoms with Crippen LogP contribution < -0.4 is 0 Å². The summed E-state index contributed by atoms with van der Waals surface area (Å²) < 4.78 is 0. The number of aliphatic hydroxyl groups is 1. The molecule has 1 aliphatic heterocycles. The summed E-state index contributed by atoms with van der Waals surface area (Å²) in [6, 6.07) is 0. The summed E-state index contributed by atoms with van der Waals surface area (Å²) in [5.74, 6) is 1.05. The Bertz CT molecular complexity index is 147. The first kappa shape index (κ1) is 8.53. The second-order valence-corrected chi connectivity index (χ2v) is 3.30. The van der Waals surface area contributed by atoms with E-state index in [4.69, 9.17) is 10.5 Å². The van der Waals surface area contributed by atoms with Crippen molar-refractivity contribution in [1.29, 1.82) is 5.41 Å². The summed E-state index contributed by atoms with van der Waals surface area (Å²) >= 11 is 0. The van der Waals surface area contributed by atoms with E-state index in [1.165, 1.54) is 6.42 Å². The molecule has 1 atom stereocenters. The van der Waals surface area contributed by atoms with Gasteiger partial charge in [-0.3, -0.25) is 5.41 Å². The van der Waals surface area contributed by atoms with Crippen LogP contribution in [-0.4, -0.2) is 35.5 Å². The molecule has 0 bridgehead atoms. The van der Waals surface area contributed by atoms with E-state index >= 15 is 0 Å². The number of aliphatic hydroxyl groups excluding tert-OH is 1. The number of nitrogens with one attached hydrogen (secondary N) is 1. The number of likely N-dealkylation sites (tertiary alicyclic amines) is 1. The minimum Gasteiger partial charge on any atom is -0.388 e. The van der Waals surface area contributed by atoms with Crippen LogP contribution in [0, 0.1) is 11.3 Å². The van der Waals surface area contributed by atoms with E-state index in [0.717, 1.165) is 19.5 Å². The van der Waals surface area contributed by atoms with Gasteiger partial charge in [0.05, 0.1) is 0 Å². The van der Waals surface area contributed by atoms with Crippen molar-refractivity contribution in [2.75, 3.05) is 19.7 Å². The summed E-state index contributed by atoms with van der Waals surface area (Å²) in [5, 5.41) is 16.1. The second kappa shape index (κ2) is 3.72. The first-order valence-corrected chi connectivity index (χ1v) is 4.17. The average Bonchev–Trinajstić information content (AvgIpc) is 2.03. The zero-order chi connectivity index (χ0) is 8.27. The molecule has 0 radical (unpaired) electrons. The van der Waals surface area contributed by atoms with E-state index in [1.807, 2.05) is 4.90 Å². The van der Waals surface area contributed by atoms with Crippen molar-refractivity contribution >= 4 is 5.84 Å². The monoisotopic (exact) mass is 156 g/mol. The Labute approximate surface area is 67.5 Å². The lowest BCUT2D eigenvalue weighted by Crippen LogP contribution is -2.40. The molecule has 0 aromatic heterocycles. The SMILES string of the molecule is C[C@H]1CCCN(C(=N)CO)C1. The van der Waals surface area contributed by atoms with Gasteiger partial charge in [0, 0.05) is 13.1 Å². The third kappa shape index (κ3) is 2.19. The fraction of sp³-hybridized carbons (Fsp3) is 0.875. The van der Waals surface area contributed by atoms with E-state index in [0.29, 0.717) is 11.8 Å². The van der Waals surface area contributed by atoms with Gasteiger partial charge in [-0.1, -0.05) is 6.92 Å². The highest BCUT2D eigenvalue weighted by atomic mass is 16.3. The minimum atomic E-state index is -0.118. The van der Waals surface area contributed by atoms with Crippen molar-refractivity contribution < 1.29 is 5.11 Å². The fourth-order valence-electron chi connectivity index (χ4n) is 1.53. The number of piperidine rings is 1. The topological polar surface area (TPSA) is 47.3 Å². The van der Waals surface area contributed by atoms with Gasteiger partial charge in [0.25, 0.3) is 0 Å². The predicted octanol–water partition coefficient (Wildman–Crippen LogP) is 0.688. The van der Waals surface area contributed by atoms with Crippen molar-refractivity contribution in [1.82, 2.24) is 4.90 Å². The van der Waals surface area contributed by atoms with E-state index in [-0.39, 0.29) is 6.61 Å². The molecule has 1 aliphatic rings. The third-order valence-electron chi connectivity index (χ3n) is 2.19. The summed E-state index contributed by atoms with van der Waals surface area (Å²) in [6.45, 7) is 3.96. The Morgan fingerprint density at radius 3 is 3.00 bits per heavy atom. The van der Waals surface area contributed by atoms with Crippen molar-refractivity contribution in [3.63, 3.8) is 0 Å². The Morgan fingerprint density at radius 1 is 1.73 bits per heavy atom. The zero-order valence-corrected chi connectivity index (χ0v) is 7.01. The lowest BCUT2D eigenvalue weighted by atomic mass is 10.0. The molecule has 0 aromatic rings. The molecule has 1 saturated heterocycles. The van der Waals surface area contributed by atoms with Gasteiger partial charge in [-0.15, -0.1) is 0 Å². The molecule has 3 heteroatoms. The van der Waals surface area contributed by atoms with Crippen LogP contribution in [0.15, 0.2) is 0 Å². The quantitative estimate of drug-likeness (QED) is 0.433. The van der Waals surface area contributed by atoms with Crippen LogP contribution in [0.5, 0.6) is 0 Å². The van der Waals surface area contributed by atoms with Gasteiger partial charge in [0.2, 0.25) is 0 Å². The molecular formula is C8H16N2O. The average molecular weight is 156 g/mol. The maximum atomic E-state index is 8.71. The molecule has 0 amide bonds. The number of hydrogen-bond donors (Lipinski definition) is 2. The lowest BCUT2D eigenvalue weighted by molar-refractivity contribution is 0.248. The van der Waals surface area contributed by atoms with E-state index in [1.54, 1.807) is 0 Å². The first-order valence-electron chi connectivity index (χ1n) is 4.17. The Hall–Kier alpha value is -0.570. The maximum Gasteiger partial charge on any atom is 0.122 e. The van der Waals surface area contributed by atoms with Gasteiger partial charge < -0.3 is 10.0 Å². The third-order valence-corrected chi connectivity index (χ3v) is 2.19. The first-order chi connectivity index (χ1) is 5.24. The molecule has 1 heterocycles. The second-order valence-electron chi connectivity index (χ2n) is 3.30. The highest BCUT2D eigenvalue weighted by molar-refractivity contribution is 5.80. The summed E-state index contributed by atoms with van der Waals surface area (Å²) in [7, 11) is 0. The Morgan fingerprint density at radius 2 is 2.45 bits per heavy atom. The highest BCUT2D eigenvalue weighted by Gasteiger charge is 2.17. The van der Waals surface area contributed by atoms with Crippen molar-refractivity contribution in [3.05, 3.63) is 0 Å². The van der Waals surface area contributed by atoms with Gasteiger partial charge >= 0.3 is 0 Å². The normalized spacial score (nSPS) is 25.3. The summed E-state index contributed by atoms with van der Waals surface area (Å²) in [4.78, 5) is 1.97. The number of hydrogen-bond acceptors (Lipinski definition) is 2. The van der Waals surface area contributed by atoms with Crippen LogP contribution in [0.2, 0.25) is 0 Å². The summed E-state index contributed by atoms with van der Waals surface area (Å²) in [6.07, 6.45) is 2.42. The van der Waals surface area contributed by atoms with Gasteiger partial charge in [0.1, 0.15) is 12.4 Å². The van der Waals surface area contributed by atoms with Crippen LogP contribution in [0.3, 0.4) is 0 Å². The van der Waals surface area contributed by atoms with Crippen LogP contribution >= 0.6 is 0 Å². The van der Waals surface area contributed by atoms with Crippen molar-refractivity contribution in [2.45, 2.75) is 19.8 Å².